The number of likely N-dealkylation sites (tertiary alicyclic amines) is 1. The second kappa shape index (κ2) is 8.22. The Hall–Kier alpha value is -3.19. The summed E-state index contributed by atoms with van der Waals surface area (Å²) < 4.78 is 0. The normalized spacial score (nSPS) is 18.1. The maximum atomic E-state index is 11.7. The summed E-state index contributed by atoms with van der Waals surface area (Å²) in [6.45, 7) is 1.61. The molecule has 2 atom stereocenters. The molecule has 28 heavy (non-hydrogen) atoms. The molecule has 2 aromatic heterocycles. The minimum atomic E-state index is -0.235. The topological polar surface area (TPSA) is 99.9 Å². The Morgan fingerprint density at radius 1 is 1.32 bits per heavy atom. The lowest BCUT2D eigenvalue weighted by Crippen LogP contribution is -2.39. The van der Waals surface area contributed by atoms with Crippen molar-refractivity contribution in [1.29, 1.82) is 0 Å². The molecule has 3 heterocycles. The van der Waals surface area contributed by atoms with Crippen molar-refractivity contribution in [2.24, 2.45) is 5.73 Å². The van der Waals surface area contributed by atoms with Crippen LogP contribution in [0.5, 0.6) is 0 Å². The zero-order valence-electron chi connectivity index (χ0n) is 15.6. The second-order valence-corrected chi connectivity index (χ2v) is 7.07. The Morgan fingerprint density at radius 3 is 3.00 bits per heavy atom. The smallest absolute Gasteiger partial charge is 0.234 e. The van der Waals surface area contributed by atoms with Crippen molar-refractivity contribution in [2.75, 3.05) is 11.9 Å². The highest BCUT2D eigenvalue weighted by atomic mass is 16.1. The second-order valence-electron chi connectivity index (χ2n) is 7.07. The number of H-pyrrole nitrogens is 1. The van der Waals surface area contributed by atoms with Gasteiger partial charge in [-0.2, -0.15) is 0 Å². The van der Waals surface area contributed by atoms with Crippen molar-refractivity contribution < 1.29 is 4.79 Å². The molecule has 1 saturated heterocycles. The first-order chi connectivity index (χ1) is 13.7. The lowest BCUT2D eigenvalue weighted by Gasteiger charge is -2.23. The molecule has 0 spiro atoms. The van der Waals surface area contributed by atoms with Crippen molar-refractivity contribution in [3.05, 3.63) is 78.1 Å². The van der Waals surface area contributed by atoms with E-state index in [1.807, 2.05) is 36.7 Å². The third-order valence-corrected chi connectivity index (χ3v) is 5.13. The summed E-state index contributed by atoms with van der Waals surface area (Å²) in [6, 6.07) is 11.9. The van der Waals surface area contributed by atoms with E-state index in [-0.39, 0.29) is 18.0 Å². The van der Waals surface area contributed by atoms with Crippen LogP contribution in [0, 0.1) is 0 Å². The molecule has 1 fully saturated rings. The number of hydrogen-bond donors (Lipinski definition) is 3. The number of rotatable bonds is 7. The number of carbonyl (C=O) groups is 1. The summed E-state index contributed by atoms with van der Waals surface area (Å²) in [7, 11) is 0. The van der Waals surface area contributed by atoms with Gasteiger partial charge >= 0.3 is 0 Å². The van der Waals surface area contributed by atoms with Gasteiger partial charge in [0.1, 0.15) is 11.9 Å². The fraction of sp³-hybridized carbons (Fsp3) is 0.286. The number of primary amides is 1. The molecule has 4 rings (SSSR count). The molecule has 0 radical (unpaired) electrons. The predicted molar refractivity (Wildman–Crippen MR) is 107 cm³/mol. The average molecular weight is 376 g/mol. The molecule has 7 heteroatoms. The standard InChI is InChI=1S/C21H24N6O/c22-20(28)18-7-3-11-27(18)14-15-4-1-6-17(12-15)26-19(21-24-9-10-25-21)16-5-2-8-23-13-16/h1-2,4-6,8-10,12-13,18-19,26H,3,7,11,14H2,(H2,22,28)(H,24,25). The third kappa shape index (κ3) is 4.04. The Morgan fingerprint density at radius 2 is 2.25 bits per heavy atom. The molecule has 3 aromatic rings. The summed E-state index contributed by atoms with van der Waals surface area (Å²) in [5.74, 6) is 0.591. The van der Waals surface area contributed by atoms with Crippen LogP contribution in [0.1, 0.15) is 35.8 Å². The molecule has 0 aliphatic carbocycles. The summed E-state index contributed by atoms with van der Waals surface area (Å²) in [5, 5.41) is 3.55. The zero-order chi connectivity index (χ0) is 19.3. The van der Waals surface area contributed by atoms with Gasteiger partial charge in [0.15, 0.2) is 0 Å². The Balaban J connectivity index is 1.54. The fourth-order valence-corrected chi connectivity index (χ4v) is 3.79. The van der Waals surface area contributed by atoms with E-state index in [4.69, 9.17) is 5.73 Å². The molecule has 7 nitrogen and oxygen atoms in total. The molecular weight excluding hydrogens is 352 g/mol. The monoisotopic (exact) mass is 376 g/mol. The zero-order valence-corrected chi connectivity index (χ0v) is 15.6. The van der Waals surface area contributed by atoms with Gasteiger partial charge in [-0.15, -0.1) is 0 Å². The first-order valence-corrected chi connectivity index (χ1v) is 9.49. The number of aromatic amines is 1. The van der Waals surface area contributed by atoms with Crippen LogP contribution in [0.3, 0.4) is 0 Å². The molecular formula is C21H24N6O. The summed E-state index contributed by atoms with van der Waals surface area (Å²) >= 11 is 0. The SMILES string of the molecule is NC(=O)C1CCCN1Cc1cccc(NC(c2cccnc2)c2ncc[nH]2)c1. The maximum absolute atomic E-state index is 11.7. The third-order valence-electron chi connectivity index (χ3n) is 5.13. The van der Waals surface area contributed by atoms with E-state index in [0.29, 0.717) is 6.54 Å². The quantitative estimate of drug-likeness (QED) is 0.588. The summed E-state index contributed by atoms with van der Waals surface area (Å²) in [5.41, 5.74) is 8.70. The maximum Gasteiger partial charge on any atom is 0.234 e. The van der Waals surface area contributed by atoms with Crippen molar-refractivity contribution in [2.45, 2.75) is 31.5 Å². The number of pyridine rings is 1. The first-order valence-electron chi connectivity index (χ1n) is 9.49. The van der Waals surface area contributed by atoms with Crippen LogP contribution in [0.4, 0.5) is 5.69 Å². The highest BCUT2D eigenvalue weighted by Crippen LogP contribution is 2.26. The minimum absolute atomic E-state index is 0.135. The number of nitrogens with zero attached hydrogens (tertiary/aromatic N) is 3. The number of anilines is 1. The van der Waals surface area contributed by atoms with E-state index in [1.165, 1.54) is 0 Å². The van der Waals surface area contributed by atoms with Gasteiger partial charge in [0.2, 0.25) is 5.91 Å². The van der Waals surface area contributed by atoms with Gasteiger partial charge in [-0.25, -0.2) is 4.98 Å². The van der Waals surface area contributed by atoms with E-state index in [2.05, 4.69) is 37.3 Å². The van der Waals surface area contributed by atoms with Crippen molar-refractivity contribution in [1.82, 2.24) is 19.9 Å². The number of hydrogen-bond acceptors (Lipinski definition) is 5. The largest absolute Gasteiger partial charge is 0.371 e. The van der Waals surface area contributed by atoms with Gasteiger partial charge in [0.25, 0.3) is 0 Å². The number of nitrogens with two attached hydrogens (primary N) is 1. The van der Waals surface area contributed by atoms with E-state index in [0.717, 1.165) is 42.0 Å². The van der Waals surface area contributed by atoms with Crippen LogP contribution in [0.15, 0.2) is 61.2 Å². The van der Waals surface area contributed by atoms with Gasteiger partial charge < -0.3 is 16.0 Å². The van der Waals surface area contributed by atoms with Gasteiger partial charge in [-0.3, -0.25) is 14.7 Å². The lowest BCUT2D eigenvalue weighted by molar-refractivity contribution is -0.122. The molecule has 0 bridgehead atoms. The number of imidazole rings is 1. The van der Waals surface area contributed by atoms with Gasteiger partial charge in [-0.05, 0) is 43.1 Å². The molecule has 4 N–H and O–H groups in total. The molecule has 0 saturated carbocycles. The number of aromatic nitrogens is 3. The Labute approximate surface area is 164 Å². The molecule has 1 aliphatic rings. The molecule has 1 aliphatic heterocycles. The van der Waals surface area contributed by atoms with Crippen LogP contribution in [-0.2, 0) is 11.3 Å². The van der Waals surface area contributed by atoms with Crippen LogP contribution in [0.25, 0.3) is 0 Å². The lowest BCUT2D eigenvalue weighted by atomic mass is 10.1. The predicted octanol–water partition coefficient (Wildman–Crippen LogP) is 2.46. The van der Waals surface area contributed by atoms with Gasteiger partial charge in [0, 0.05) is 42.6 Å². The van der Waals surface area contributed by atoms with Crippen molar-refractivity contribution in [3.63, 3.8) is 0 Å². The highest BCUT2D eigenvalue weighted by Gasteiger charge is 2.28. The Bertz CT molecular complexity index is 912. The molecule has 144 valence electrons. The molecule has 2 unspecified atom stereocenters. The van der Waals surface area contributed by atoms with Crippen molar-refractivity contribution in [3.8, 4) is 0 Å². The summed E-state index contributed by atoms with van der Waals surface area (Å²) in [4.78, 5) is 25.7. The number of carbonyl (C=O) groups excluding carboxylic acids is 1. The van der Waals surface area contributed by atoms with Crippen LogP contribution in [0.2, 0.25) is 0 Å². The Kier molecular flexibility index (Phi) is 5.34. The van der Waals surface area contributed by atoms with Gasteiger partial charge in [0.05, 0.1) is 6.04 Å². The van der Waals surface area contributed by atoms with E-state index < -0.39 is 0 Å². The highest BCUT2D eigenvalue weighted by molar-refractivity contribution is 5.80. The average Bonchev–Trinajstić information content (AvgIpc) is 3.39. The minimum Gasteiger partial charge on any atom is -0.371 e. The van der Waals surface area contributed by atoms with Gasteiger partial charge in [-0.1, -0.05) is 18.2 Å². The number of amides is 1. The van der Waals surface area contributed by atoms with Crippen LogP contribution in [-0.4, -0.2) is 38.3 Å². The van der Waals surface area contributed by atoms with Crippen molar-refractivity contribution >= 4 is 11.6 Å². The summed E-state index contributed by atoms with van der Waals surface area (Å²) in [6.07, 6.45) is 9.00. The molecule has 1 aromatic carbocycles. The van der Waals surface area contributed by atoms with Crippen LogP contribution >= 0.6 is 0 Å². The first kappa shape index (κ1) is 18.2. The molecule has 1 amide bonds. The van der Waals surface area contributed by atoms with Crippen LogP contribution < -0.4 is 11.1 Å². The fourth-order valence-electron chi connectivity index (χ4n) is 3.79. The van der Waals surface area contributed by atoms with E-state index in [1.54, 1.807) is 12.4 Å². The number of nitrogens with one attached hydrogen (secondary N) is 2. The number of benzene rings is 1. The van der Waals surface area contributed by atoms with E-state index >= 15 is 0 Å². The van der Waals surface area contributed by atoms with E-state index in [9.17, 15) is 4.79 Å².